The van der Waals surface area contributed by atoms with Crippen molar-refractivity contribution in [2.24, 2.45) is 0 Å². The van der Waals surface area contributed by atoms with Crippen LogP contribution in [0.5, 0.6) is 11.5 Å². The molecule has 1 rings (SSSR count). The number of hydrogen-bond donors (Lipinski definition) is 0. The minimum absolute atomic E-state index is 0.185. The van der Waals surface area contributed by atoms with Crippen molar-refractivity contribution in [1.29, 1.82) is 0 Å². The van der Waals surface area contributed by atoms with Crippen molar-refractivity contribution in [3.05, 3.63) is 18.0 Å². The summed E-state index contributed by atoms with van der Waals surface area (Å²) in [6.45, 7) is 0. The minimum Gasteiger partial charge on any atom is -0.493 e. The third-order valence-corrected chi connectivity index (χ3v) is 1.67. The number of carbonyl (C=O) groups is 1. The number of ether oxygens (including phenoxy) is 3. The molecule has 0 saturated heterocycles. The molecule has 0 aliphatic heterocycles. The first kappa shape index (κ1) is 10.3. The zero-order chi connectivity index (χ0) is 10.6. The van der Waals surface area contributed by atoms with Crippen LogP contribution in [-0.2, 0) is 4.74 Å². The summed E-state index contributed by atoms with van der Waals surface area (Å²) in [5, 5.41) is 0. The van der Waals surface area contributed by atoms with Gasteiger partial charge in [0.25, 0.3) is 0 Å². The maximum absolute atomic E-state index is 11.1. The lowest BCUT2D eigenvalue weighted by molar-refractivity contribution is 0.0593. The number of carbonyl (C=O) groups excluding carboxylic acids is 1. The van der Waals surface area contributed by atoms with Crippen LogP contribution < -0.4 is 9.47 Å². The molecule has 0 amide bonds. The fraction of sp³-hybridized carbons (Fsp3) is 0.333. The molecule has 76 valence electrons. The van der Waals surface area contributed by atoms with Gasteiger partial charge in [0.2, 0.25) is 0 Å². The van der Waals surface area contributed by atoms with Crippen LogP contribution in [0.25, 0.3) is 0 Å². The highest BCUT2D eigenvalue weighted by Crippen LogP contribution is 2.25. The van der Waals surface area contributed by atoms with Gasteiger partial charge in [0.1, 0.15) is 0 Å². The summed E-state index contributed by atoms with van der Waals surface area (Å²) in [4.78, 5) is 14.9. The molecule has 0 aliphatic carbocycles. The summed E-state index contributed by atoms with van der Waals surface area (Å²) in [5.74, 6) is 0.411. The maximum atomic E-state index is 11.1. The van der Waals surface area contributed by atoms with Gasteiger partial charge in [0.15, 0.2) is 17.2 Å². The Morgan fingerprint density at radius 2 is 1.86 bits per heavy atom. The van der Waals surface area contributed by atoms with E-state index in [1.54, 1.807) is 0 Å². The molecule has 0 spiro atoms. The Hall–Kier alpha value is -1.78. The van der Waals surface area contributed by atoms with Crippen molar-refractivity contribution in [2.45, 2.75) is 0 Å². The van der Waals surface area contributed by atoms with Crippen LogP contribution >= 0.6 is 0 Å². The number of nitrogens with zero attached hydrogens (tertiary/aromatic N) is 1. The fourth-order valence-corrected chi connectivity index (χ4v) is 0.953. The topological polar surface area (TPSA) is 57.7 Å². The predicted octanol–water partition coefficient (Wildman–Crippen LogP) is 0.885. The molecule has 0 bridgehead atoms. The number of methoxy groups -OCH3 is 3. The molecule has 0 radical (unpaired) electrons. The summed E-state index contributed by atoms with van der Waals surface area (Å²) in [5.41, 5.74) is 0.185. The summed E-state index contributed by atoms with van der Waals surface area (Å²) < 4.78 is 14.5. The average molecular weight is 197 g/mol. The van der Waals surface area contributed by atoms with Gasteiger partial charge in [0, 0.05) is 6.07 Å². The summed E-state index contributed by atoms with van der Waals surface area (Å²) in [7, 11) is 4.27. The SMILES string of the molecule is COC(=O)c1cc(OC)c(OC)cn1. The number of pyridine rings is 1. The van der Waals surface area contributed by atoms with Crippen LogP contribution in [-0.4, -0.2) is 32.3 Å². The van der Waals surface area contributed by atoms with E-state index in [1.165, 1.54) is 33.6 Å². The average Bonchev–Trinajstić information content (AvgIpc) is 2.26. The largest absolute Gasteiger partial charge is 0.493 e. The van der Waals surface area contributed by atoms with Gasteiger partial charge < -0.3 is 14.2 Å². The van der Waals surface area contributed by atoms with E-state index in [2.05, 4.69) is 9.72 Å². The highest BCUT2D eigenvalue weighted by Gasteiger charge is 2.11. The zero-order valence-electron chi connectivity index (χ0n) is 8.23. The number of rotatable bonds is 3. The first-order valence-corrected chi connectivity index (χ1v) is 3.89. The standard InChI is InChI=1S/C9H11NO4/c1-12-7-4-6(9(11)14-3)10-5-8(7)13-2/h4-5H,1-3H3. The molecule has 0 fully saturated rings. The Labute approximate surface area is 81.6 Å². The van der Waals surface area contributed by atoms with Gasteiger partial charge in [-0.3, -0.25) is 0 Å². The molecule has 0 aliphatic rings. The Morgan fingerprint density at radius 1 is 1.21 bits per heavy atom. The van der Waals surface area contributed by atoms with Crippen molar-refractivity contribution in [2.75, 3.05) is 21.3 Å². The highest BCUT2D eigenvalue weighted by atomic mass is 16.5. The Morgan fingerprint density at radius 3 is 2.36 bits per heavy atom. The summed E-state index contributed by atoms with van der Waals surface area (Å²) in [6, 6.07) is 1.46. The Balaban J connectivity index is 3.07. The lowest BCUT2D eigenvalue weighted by Gasteiger charge is -2.07. The van der Waals surface area contributed by atoms with Crippen LogP contribution in [0.1, 0.15) is 10.5 Å². The summed E-state index contributed by atoms with van der Waals surface area (Å²) in [6.07, 6.45) is 1.41. The van der Waals surface area contributed by atoms with E-state index in [-0.39, 0.29) is 5.69 Å². The minimum atomic E-state index is -0.508. The quantitative estimate of drug-likeness (QED) is 0.673. The molecule has 1 heterocycles. The van der Waals surface area contributed by atoms with Crippen LogP contribution in [0, 0.1) is 0 Å². The van der Waals surface area contributed by atoms with Crippen molar-refractivity contribution >= 4 is 5.97 Å². The first-order chi connectivity index (χ1) is 6.72. The predicted molar refractivity (Wildman–Crippen MR) is 48.7 cm³/mol. The third kappa shape index (κ3) is 1.93. The van der Waals surface area contributed by atoms with E-state index < -0.39 is 5.97 Å². The summed E-state index contributed by atoms with van der Waals surface area (Å²) >= 11 is 0. The molecular weight excluding hydrogens is 186 g/mol. The molecule has 1 aromatic heterocycles. The normalized spacial score (nSPS) is 9.36. The zero-order valence-corrected chi connectivity index (χ0v) is 8.23. The van der Waals surface area contributed by atoms with Crippen LogP contribution in [0.15, 0.2) is 12.3 Å². The van der Waals surface area contributed by atoms with Gasteiger partial charge >= 0.3 is 5.97 Å². The molecule has 5 nitrogen and oxygen atoms in total. The second-order valence-electron chi connectivity index (χ2n) is 2.42. The van der Waals surface area contributed by atoms with Gasteiger partial charge in [-0.05, 0) is 0 Å². The van der Waals surface area contributed by atoms with E-state index in [0.717, 1.165) is 0 Å². The Kier molecular flexibility index (Phi) is 3.28. The number of hydrogen-bond acceptors (Lipinski definition) is 5. The number of esters is 1. The van der Waals surface area contributed by atoms with Crippen molar-refractivity contribution in [3.63, 3.8) is 0 Å². The molecule has 0 N–H and O–H groups in total. The molecule has 0 atom stereocenters. The van der Waals surface area contributed by atoms with Crippen LogP contribution in [0.4, 0.5) is 0 Å². The van der Waals surface area contributed by atoms with Crippen LogP contribution in [0.3, 0.4) is 0 Å². The highest BCUT2D eigenvalue weighted by molar-refractivity contribution is 5.87. The van der Waals surface area contributed by atoms with Gasteiger partial charge in [-0.15, -0.1) is 0 Å². The monoisotopic (exact) mass is 197 g/mol. The lowest BCUT2D eigenvalue weighted by atomic mass is 10.3. The molecule has 14 heavy (non-hydrogen) atoms. The van der Waals surface area contributed by atoms with Crippen LogP contribution in [0.2, 0.25) is 0 Å². The number of aromatic nitrogens is 1. The molecule has 0 saturated carbocycles. The second kappa shape index (κ2) is 4.45. The van der Waals surface area contributed by atoms with Gasteiger partial charge in [-0.25, -0.2) is 9.78 Å². The molecule has 1 aromatic rings. The lowest BCUT2D eigenvalue weighted by Crippen LogP contribution is -2.05. The van der Waals surface area contributed by atoms with Crippen molar-refractivity contribution in [3.8, 4) is 11.5 Å². The van der Waals surface area contributed by atoms with Gasteiger partial charge in [-0.2, -0.15) is 0 Å². The molecule has 5 heteroatoms. The van der Waals surface area contributed by atoms with Crippen molar-refractivity contribution < 1.29 is 19.0 Å². The third-order valence-electron chi connectivity index (χ3n) is 1.67. The van der Waals surface area contributed by atoms with Crippen molar-refractivity contribution in [1.82, 2.24) is 4.98 Å². The maximum Gasteiger partial charge on any atom is 0.356 e. The fourth-order valence-electron chi connectivity index (χ4n) is 0.953. The van der Waals surface area contributed by atoms with Gasteiger partial charge in [0.05, 0.1) is 27.5 Å². The van der Waals surface area contributed by atoms with E-state index in [9.17, 15) is 4.79 Å². The van der Waals surface area contributed by atoms with E-state index in [4.69, 9.17) is 9.47 Å². The Bertz CT molecular complexity index is 338. The van der Waals surface area contributed by atoms with Gasteiger partial charge in [-0.1, -0.05) is 0 Å². The molecular formula is C9H11NO4. The smallest absolute Gasteiger partial charge is 0.356 e. The van der Waals surface area contributed by atoms with E-state index in [0.29, 0.717) is 11.5 Å². The van der Waals surface area contributed by atoms with E-state index in [1.807, 2.05) is 0 Å². The first-order valence-electron chi connectivity index (χ1n) is 3.89. The molecule has 0 unspecified atom stereocenters. The second-order valence-corrected chi connectivity index (χ2v) is 2.42. The molecule has 0 aromatic carbocycles. The van der Waals surface area contributed by atoms with E-state index >= 15 is 0 Å².